The fourth-order valence-corrected chi connectivity index (χ4v) is 7.46. The quantitative estimate of drug-likeness (QED) is 0.192. The first-order valence-electron chi connectivity index (χ1n) is 15.8. The Morgan fingerprint density at radius 3 is 1.52 bits per heavy atom. The van der Waals surface area contributed by atoms with E-state index in [0.29, 0.717) is 0 Å². The summed E-state index contributed by atoms with van der Waals surface area (Å²) < 4.78 is 6.36. The molecule has 0 radical (unpaired) electrons. The highest BCUT2D eigenvalue weighted by Gasteiger charge is 2.19. The van der Waals surface area contributed by atoms with Crippen LogP contribution in [-0.2, 0) is 0 Å². The molecule has 0 aliphatic rings. The molecule has 2 heteroatoms. The largest absolute Gasteiger partial charge is 0.456 e. The highest BCUT2D eigenvalue weighted by molar-refractivity contribution is 6.34. The number of rotatable bonds is 3. The number of benzene rings is 9. The molecule has 10 aromatic rings. The Morgan fingerprint density at radius 1 is 0.304 bits per heavy atom. The Labute approximate surface area is 265 Å². The number of hydrogen-bond acceptors (Lipinski definition) is 2. The van der Waals surface area contributed by atoms with Crippen LogP contribution in [0, 0.1) is 0 Å². The van der Waals surface area contributed by atoms with Crippen LogP contribution in [0.2, 0.25) is 0 Å². The van der Waals surface area contributed by atoms with Gasteiger partial charge in [0.1, 0.15) is 11.2 Å². The van der Waals surface area contributed by atoms with E-state index in [0.717, 1.165) is 33.6 Å². The van der Waals surface area contributed by atoms with Gasteiger partial charge in [0.2, 0.25) is 0 Å². The summed E-state index contributed by atoms with van der Waals surface area (Å²) in [6.07, 6.45) is 0. The lowest BCUT2D eigenvalue weighted by molar-refractivity contribution is 0.669. The summed E-state index contributed by atoms with van der Waals surface area (Å²) in [6.45, 7) is 0. The van der Waals surface area contributed by atoms with E-state index in [9.17, 15) is 0 Å². The van der Waals surface area contributed by atoms with Crippen molar-refractivity contribution in [1.29, 1.82) is 0 Å². The summed E-state index contributed by atoms with van der Waals surface area (Å²) in [7, 11) is 0. The minimum Gasteiger partial charge on any atom is -0.456 e. The molecular weight excluding hydrogens is 558 g/mol. The molecule has 1 heterocycles. The lowest BCUT2D eigenvalue weighted by Crippen LogP contribution is -2.10. The van der Waals surface area contributed by atoms with E-state index in [-0.39, 0.29) is 0 Å². The third-order valence-corrected chi connectivity index (χ3v) is 9.56. The van der Waals surface area contributed by atoms with Crippen LogP contribution >= 0.6 is 0 Å². The zero-order valence-electron chi connectivity index (χ0n) is 24.9. The summed E-state index contributed by atoms with van der Waals surface area (Å²) in [4.78, 5) is 2.39. The Morgan fingerprint density at radius 2 is 0.804 bits per heavy atom. The Balaban J connectivity index is 1.30. The van der Waals surface area contributed by atoms with Crippen molar-refractivity contribution in [3.63, 3.8) is 0 Å². The molecule has 0 aliphatic heterocycles. The normalized spacial score (nSPS) is 11.9. The van der Waals surface area contributed by atoms with Crippen LogP contribution in [0.3, 0.4) is 0 Å². The smallest absolute Gasteiger partial charge is 0.136 e. The molecule has 9 aromatic carbocycles. The molecular formula is C44H27NO. The van der Waals surface area contributed by atoms with Crippen molar-refractivity contribution in [1.82, 2.24) is 0 Å². The maximum absolute atomic E-state index is 6.36. The van der Waals surface area contributed by atoms with E-state index in [1.807, 2.05) is 6.07 Å². The second-order valence-electron chi connectivity index (χ2n) is 12.1. The van der Waals surface area contributed by atoms with E-state index < -0.39 is 0 Å². The van der Waals surface area contributed by atoms with Gasteiger partial charge in [-0.25, -0.2) is 0 Å². The second kappa shape index (κ2) is 9.69. The van der Waals surface area contributed by atoms with Gasteiger partial charge in [-0.05, 0) is 103 Å². The number of nitrogens with zero attached hydrogens (tertiary/aromatic N) is 1. The van der Waals surface area contributed by atoms with Gasteiger partial charge in [-0.15, -0.1) is 0 Å². The summed E-state index contributed by atoms with van der Waals surface area (Å²) in [5.41, 5.74) is 5.21. The van der Waals surface area contributed by atoms with Crippen molar-refractivity contribution < 1.29 is 4.42 Å². The van der Waals surface area contributed by atoms with E-state index in [1.54, 1.807) is 0 Å². The fourth-order valence-electron chi connectivity index (χ4n) is 7.46. The van der Waals surface area contributed by atoms with Crippen LogP contribution in [0.5, 0.6) is 0 Å². The Bertz CT molecular complexity index is 2750. The van der Waals surface area contributed by atoms with Crippen molar-refractivity contribution in [2.75, 3.05) is 4.90 Å². The SMILES string of the molecule is c1ccc2cc(N(c3ccc4ccccc4c3)c3ccc4c5ccccc5c5c(ccc6oc7ccccc7c65)c4c3)ccc2c1. The van der Waals surface area contributed by atoms with Crippen LogP contribution in [0.4, 0.5) is 17.1 Å². The highest BCUT2D eigenvalue weighted by atomic mass is 16.3. The van der Waals surface area contributed by atoms with Gasteiger partial charge in [-0.3, -0.25) is 0 Å². The standard InChI is InChI=1S/C44H27NO/c1-3-11-30-25-32(19-17-28(30)9-1)45(33-20-18-29-10-2-4-12-31(29)26-33)34-21-22-36-35-13-5-6-14-37(35)43-38(40(36)27-34)23-24-42-44(43)39-15-7-8-16-41(39)46-42/h1-27H. The van der Waals surface area contributed by atoms with Gasteiger partial charge >= 0.3 is 0 Å². The first-order chi connectivity index (χ1) is 22.8. The average Bonchev–Trinajstić information content (AvgIpc) is 3.50. The second-order valence-corrected chi connectivity index (χ2v) is 12.1. The van der Waals surface area contributed by atoms with Crippen molar-refractivity contribution >= 4 is 92.9 Å². The maximum Gasteiger partial charge on any atom is 0.136 e. The molecule has 0 atom stereocenters. The third-order valence-electron chi connectivity index (χ3n) is 9.56. The van der Waals surface area contributed by atoms with Gasteiger partial charge in [-0.1, -0.05) is 109 Å². The number of anilines is 3. The van der Waals surface area contributed by atoms with Crippen LogP contribution in [0.1, 0.15) is 0 Å². The lowest BCUT2D eigenvalue weighted by atomic mass is 9.91. The summed E-state index contributed by atoms with van der Waals surface area (Å²) >= 11 is 0. The molecule has 1 aromatic heterocycles. The molecule has 0 amide bonds. The molecule has 0 aliphatic carbocycles. The summed E-state index contributed by atoms with van der Waals surface area (Å²) in [6, 6.07) is 59.2. The number of fused-ring (bicyclic) bond motifs is 12. The van der Waals surface area contributed by atoms with Crippen LogP contribution in [0.15, 0.2) is 168 Å². The van der Waals surface area contributed by atoms with Gasteiger partial charge in [-0.2, -0.15) is 0 Å². The topological polar surface area (TPSA) is 16.4 Å². The third kappa shape index (κ3) is 3.71. The van der Waals surface area contributed by atoms with Gasteiger partial charge in [0.25, 0.3) is 0 Å². The predicted octanol–water partition coefficient (Wildman–Crippen LogP) is 12.8. The van der Waals surface area contributed by atoms with Gasteiger partial charge < -0.3 is 9.32 Å². The summed E-state index contributed by atoms with van der Waals surface area (Å²) in [5, 5.41) is 14.7. The molecule has 2 nitrogen and oxygen atoms in total. The Hall–Kier alpha value is -6.12. The Kier molecular flexibility index (Phi) is 5.31. The first kappa shape index (κ1) is 25.2. The minimum atomic E-state index is 0.918. The predicted molar refractivity (Wildman–Crippen MR) is 196 cm³/mol. The van der Waals surface area contributed by atoms with Crippen molar-refractivity contribution in [2.45, 2.75) is 0 Å². The van der Waals surface area contributed by atoms with Gasteiger partial charge in [0.05, 0.1) is 0 Å². The van der Waals surface area contributed by atoms with Crippen molar-refractivity contribution in [2.24, 2.45) is 0 Å². The molecule has 46 heavy (non-hydrogen) atoms. The zero-order valence-corrected chi connectivity index (χ0v) is 24.9. The molecule has 10 rings (SSSR count). The van der Waals surface area contributed by atoms with E-state index in [2.05, 4.69) is 163 Å². The molecule has 0 fully saturated rings. The molecule has 0 saturated heterocycles. The zero-order chi connectivity index (χ0) is 30.2. The van der Waals surface area contributed by atoms with Crippen LogP contribution in [-0.4, -0.2) is 0 Å². The lowest BCUT2D eigenvalue weighted by Gasteiger charge is -2.27. The minimum absolute atomic E-state index is 0.918. The molecule has 214 valence electrons. The van der Waals surface area contributed by atoms with E-state index in [4.69, 9.17) is 4.42 Å². The molecule has 0 unspecified atom stereocenters. The van der Waals surface area contributed by atoms with Crippen LogP contribution < -0.4 is 4.90 Å². The van der Waals surface area contributed by atoms with Crippen molar-refractivity contribution in [3.8, 4) is 0 Å². The number of hydrogen-bond donors (Lipinski definition) is 0. The van der Waals surface area contributed by atoms with Gasteiger partial charge in [0.15, 0.2) is 0 Å². The van der Waals surface area contributed by atoms with Crippen LogP contribution in [0.25, 0.3) is 75.8 Å². The molecule has 0 saturated carbocycles. The average molecular weight is 586 g/mol. The maximum atomic E-state index is 6.36. The van der Waals surface area contributed by atoms with E-state index in [1.165, 1.54) is 59.2 Å². The molecule has 0 bridgehead atoms. The fraction of sp³-hybridized carbons (Fsp3) is 0. The summed E-state index contributed by atoms with van der Waals surface area (Å²) in [5.74, 6) is 0. The number of para-hydroxylation sites is 1. The first-order valence-corrected chi connectivity index (χ1v) is 15.8. The molecule has 0 N–H and O–H groups in total. The van der Waals surface area contributed by atoms with Crippen molar-refractivity contribution in [3.05, 3.63) is 164 Å². The number of furan rings is 1. The van der Waals surface area contributed by atoms with Gasteiger partial charge in [0, 0.05) is 33.2 Å². The highest BCUT2D eigenvalue weighted by Crippen LogP contribution is 2.45. The molecule has 0 spiro atoms. The van der Waals surface area contributed by atoms with E-state index >= 15 is 0 Å². The monoisotopic (exact) mass is 585 g/mol.